The lowest BCUT2D eigenvalue weighted by atomic mass is 9.98. The van der Waals surface area contributed by atoms with Gasteiger partial charge in [-0.25, -0.2) is 0 Å². The van der Waals surface area contributed by atoms with E-state index in [0.29, 0.717) is 32.8 Å². The van der Waals surface area contributed by atoms with E-state index < -0.39 is 18.8 Å². The van der Waals surface area contributed by atoms with Crippen molar-refractivity contribution < 1.29 is 17.9 Å². The number of benzene rings is 4. The Morgan fingerprint density at radius 1 is 0.911 bits per heavy atom. The van der Waals surface area contributed by atoms with Crippen LogP contribution in [0.15, 0.2) is 84.9 Å². The van der Waals surface area contributed by atoms with Crippen molar-refractivity contribution in [1.29, 1.82) is 0 Å². The highest BCUT2D eigenvalue weighted by Crippen LogP contribution is 2.39. The number of ether oxygens (including phenoxy) is 1. The van der Waals surface area contributed by atoms with Crippen LogP contribution in [0, 0.1) is 6.92 Å². The molecular weight excluding hydrogens is 626 g/mol. The van der Waals surface area contributed by atoms with Crippen LogP contribution in [0.2, 0.25) is 10.0 Å². The summed E-state index contributed by atoms with van der Waals surface area (Å²) >= 11 is 12.6. The third-order valence-electron chi connectivity index (χ3n) is 7.35. The molecule has 1 saturated heterocycles. The first-order chi connectivity index (χ1) is 21.6. The quantitative estimate of drug-likeness (QED) is 0.123. The van der Waals surface area contributed by atoms with Crippen molar-refractivity contribution in [2.24, 2.45) is 0 Å². The van der Waals surface area contributed by atoms with Crippen LogP contribution in [-0.2, 0) is 11.3 Å². The molecule has 3 N–H and O–H groups in total. The number of nitrogens with one attached hydrogen (secondary N) is 3. The summed E-state index contributed by atoms with van der Waals surface area (Å²) in [5.41, 5.74) is 6.16. The summed E-state index contributed by atoms with van der Waals surface area (Å²) in [6, 6.07) is 26.0. The maximum absolute atomic E-state index is 13.5. The summed E-state index contributed by atoms with van der Waals surface area (Å²) in [6.07, 6.45) is -6.15. The van der Waals surface area contributed by atoms with Crippen molar-refractivity contribution in [3.8, 4) is 22.5 Å². The number of anilines is 3. The number of alkyl halides is 3. The third kappa shape index (κ3) is 7.67. The van der Waals surface area contributed by atoms with Crippen molar-refractivity contribution in [2.45, 2.75) is 38.5 Å². The van der Waals surface area contributed by atoms with E-state index in [2.05, 4.69) is 31.3 Å². The van der Waals surface area contributed by atoms with Crippen LogP contribution < -0.4 is 15.5 Å². The summed E-state index contributed by atoms with van der Waals surface area (Å²) in [4.78, 5) is 1.66. The molecule has 0 bridgehead atoms. The molecule has 8 nitrogen and oxygen atoms in total. The van der Waals surface area contributed by atoms with E-state index in [1.165, 1.54) is 0 Å². The van der Waals surface area contributed by atoms with Crippen LogP contribution in [0.1, 0.15) is 17.5 Å². The summed E-state index contributed by atoms with van der Waals surface area (Å²) in [7, 11) is 0. The lowest BCUT2D eigenvalue weighted by Crippen LogP contribution is -2.29. The normalized spacial score (nSPS) is 16.0. The van der Waals surface area contributed by atoms with Crippen LogP contribution in [0.5, 0.6) is 0 Å². The molecule has 1 fully saturated rings. The molecule has 0 aliphatic carbocycles. The Hall–Kier alpha value is -4.32. The van der Waals surface area contributed by atoms with E-state index in [1.807, 2.05) is 67.6 Å². The Labute approximate surface area is 267 Å². The Morgan fingerprint density at radius 3 is 2.38 bits per heavy atom. The van der Waals surface area contributed by atoms with Gasteiger partial charge in [-0.15, -0.1) is 10.2 Å². The Bertz CT molecular complexity index is 1770. The number of epoxide rings is 1. The molecule has 1 aliphatic heterocycles. The van der Waals surface area contributed by atoms with Gasteiger partial charge in [-0.2, -0.15) is 18.4 Å². The van der Waals surface area contributed by atoms with Gasteiger partial charge in [0.2, 0.25) is 5.82 Å². The van der Waals surface area contributed by atoms with Gasteiger partial charge in [-0.1, -0.05) is 77.3 Å². The average molecular weight is 655 g/mol. The largest absolute Gasteiger partial charge is 0.390 e. The summed E-state index contributed by atoms with van der Waals surface area (Å²) in [5.74, 6) is 0.418. The van der Waals surface area contributed by atoms with E-state index in [1.54, 1.807) is 29.2 Å². The van der Waals surface area contributed by atoms with Crippen LogP contribution in [0.25, 0.3) is 22.5 Å². The smallest absolute Gasteiger partial charge is 0.365 e. The van der Waals surface area contributed by atoms with Gasteiger partial charge in [0, 0.05) is 34.4 Å². The molecule has 6 rings (SSSR count). The van der Waals surface area contributed by atoms with Gasteiger partial charge in [-0.05, 0) is 65.2 Å². The summed E-state index contributed by atoms with van der Waals surface area (Å²) < 4.78 is 46.5. The number of nitrogens with zero attached hydrogens (tertiary/aromatic N) is 4. The Morgan fingerprint density at radius 2 is 1.67 bits per heavy atom. The zero-order valence-corrected chi connectivity index (χ0v) is 25.5. The highest BCUT2D eigenvalue weighted by Gasteiger charge is 2.40. The minimum Gasteiger partial charge on any atom is -0.365 e. The third-order valence-corrected chi connectivity index (χ3v) is 7.94. The molecular formula is C32H28Cl2F3N7O. The fourth-order valence-electron chi connectivity index (χ4n) is 5.00. The maximum Gasteiger partial charge on any atom is 0.390 e. The number of halogens is 5. The molecule has 0 amide bonds. The van der Waals surface area contributed by atoms with Crippen molar-refractivity contribution in [2.75, 3.05) is 22.1 Å². The average Bonchev–Trinajstić information content (AvgIpc) is 3.48. The number of aromatic amines is 1. The van der Waals surface area contributed by atoms with Crippen molar-refractivity contribution in [1.82, 2.24) is 20.6 Å². The molecule has 0 radical (unpaired) electrons. The molecule has 5 aromatic rings. The number of aromatic nitrogens is 4. The van der Waals surface area contributed by atoms with E-state index in [4.69, 9.17) is 27.9 Å². The van der Waals surface area contributed by atoms with Gasteiger partial charge in [0.05, 0.1) is 17.8 Å². The van der Waals surface area contributed by atoms with Crippen LogP contribution in [0.4, 0.5) is 30.2 Å². The fraction of sp³-hybridized carbons (Fsp3) is 0.219. The molecule has 2 heterocycles. The molecule has 2 unspecified atom stereocenters. The van der Waals surface area contributed by atoms with Gasteiger partial charge in [0.25, 0.3) is 0 Å². The number of tetrazole rings is 1. The predicted molar refractivity (Wildman–Crippen MR) is 170 cm³/mol. The SMILES string of the molecule is Cc1ccc(NC2OC2Nc2cc(-c3ccccc3-c3nn[nH]n3)ccc2N(CCC(F)(F)F)Cc2ccc(Cl)cc2Cl)cc1. The molecule has 13 heteroatoms. The Kier molecular flexibility index (Phi) is 8.84. The summed E-state index contributed by atoms with van der Waals surface area (Å²) in [5, 5.41) is 22.0. The molecule has 1 aromatic heterocycles. The number of hydrogen-bond acceptors (Lipinski definition) is 7. The van der Waals surface area contributed by atoms with Gasteiger partial charge in [0.15, 0.2) is 12.5 Å². The van der Waals surface area contributed by atoms with Crippen molar-refractivity contribution in [3.05, 3.63) is 106 Å². The lowest BCUT2D eigenvalue weighted by molar-refractivity contribution is -0.132. The number of H-pyrrole nitrogens is 1. The number of hydrogen-bond donors (Lipinski definition) is 3. The lowest BCUT2D eigenvalue weighted by Gasteiger charge is -2.29. The van der Waals surface area contributed by atoms with E-state index in [-0.39, 0.29) is 19.3 Å². The van der Waals surface area contributed by atoms with Gasteiger partial charge >= 0.3 is 6.18 Å². The molecule has 232 valence electrons. The predicted octanol–water partition coefficient (Wildman–Crippen LogP) is 8.31. The Balaban J connectivity index is 1.37. The first-order valence-corrected chi connectivity index (χ1v) is 14.9. The first-order valence-electron chi connectivity index (χ1n) is 14.1. The highest BCUT2D eigenvalue weighted by atomic mass is 35.5. The molecule has 2 atom stereocenters. The van der Waals surface area contributed by atoms with Gasteiger partial charge in [-0.3, -0.25) is 0 Å². The van der Waals surface area contributed by atoms with E-state index in [9.17, 15) is 13.2 Å². The topological polar surface area (TPSA) is 94.3 Å². The van der Waals surface area contributed by atoms with Crippen molar-refractivity contribution in [3.63, 3.8) is 0 Å². The monoisotopic (exact) mass is 653 g/mol. The second-order valence-electron chi connectivity index (χ2n) is 10.7. The fourth-order valence-corrected chi connectivity index (χ4v) is 5.47. The van der Waals surface area contributed by atoms with Crippen LogP contribution in [0.3, 0.4) is 0 Å². The second-order valence-corrected chi connectivity index (χ2v) is 11.5. The first kappa shape index (κ1) is 30.7. The minimum absolute atomic E-state index is 0.121. The van der Waals surface area contributed by atoms with Crippen molar-refractivity contribution >= 4 is 40.3 Å². The minimum atomic E-state index is -4.36. The molecule has 0 spiro atoms. The number of rotatable bonds is 11. The molecule has 4 aromatic carbocycles. The van der Waals surface area contributed by atoms with E-state index in [0.717, 1.165) is 27.9 Å². The van der Waals surface area contributed by atoms with Crippen LogP contribution in [-0.4, -0.2) is 45.8 Å². The molecule has 45 heavy (non-hydrogen) atoms. The maximum atomic E-state index is 13.5. The molecule has 1 aliphatic rings. The number of aryl methyl sites for hydroxylation is 1. The standard InChI is InChI=1S/C32H28Cl2F3N7O/c1-19-6-11-23(12-7-19)38-30-31(45-30)39-27-16-20(24-4-2-3-5-25(24)29-40-42-43-41-29)9-13-28(27)44(15-14-32(35,36)37)18-21-8-10-22(33)17-26(21)34/h2-13,16-17,30-31,38-39H,14-15,18H2,1H3,(H,40,41,42,43). The van der Waals surface area contributed by atoms with Crippen LogP contribution >= 0.6 is 23.2 Å². The zero-order valence-electron chi connectivity index (χ0n) is 23.9. The van der Waals surface area contributed by atoms with Gasteiger partial charge < -0.3 is 20.3 Å². The summed E-state index contributed by atoms with van der Waals surface area (Å²) in [6.45, 7) is 1.83. The van der Waals surface area contributed by atoms with Gasteiger partial charge in [0.1, 0.15) is 0 Å². The zero-order chi connectivity index (χ0) is 31.6. The second kappa shape index (κ2) is 13.0. The molecule has 0 saturated carbocycles. The highest BCUT2D eigenvalue weighted by molar-refractivity contribution is 6.35. The van der Waals surface area contributed by atoms with E-state index >= 15 is 0 Å².